The maximum Gasteiger partial charge on any atom is 0.223 e. The second kappa shape index (κ2) is 4.80. The predicted molar refractivity (Wildman–Crippen MR) is 55.0 cm³/mol. The maximum atomic E-state index is 4.37. The third-order valence-electron chi connectivity index (χ3n) is 1.89. The molecule has 0 aromatic carbocycles. The lowest BCUT2D eigenvalue weighted by molar-refractivity contribution is 0.929. The van der Waals surface area contributed by atoms with Gasteiger partial charge in [0.1, 0.15) is 0 Å². The quantitative estimate of drug-likeness (QED) is 0.768. The highest BCUT2D eigenvalue weighted by Crippen LogP contribution is 2.06. The Morgan fingerprint density at radius 1 is 1.08 bits per heavy atom. The van der Waals surface area contributed by atoms with E-state index in [9.17, 15) is 0 Å². The van der Waals surface area contributed by atoms with E-state index in [0.717, 1.165) is 36.7 Å². The first-order valence-electron chi connectivity index (χ1n) is 4.90. The Kier molecular flexibility index (Phi) is 3.68. The summed E-state index contributed by atoms with van der Waals surface area (Å²) < 4.78 is 0. The van der Waals surface area contributed by atoms with Crippen LogP contribution in [0.3, 0.4) is 0 Å². The Balaban J connectivity index is 2.93. The van der Waals surface area contributed by atoms with E-state index in [4.69, 9.17) is 0 Å². The average Bonchev–Trinajstić information content (AvgIpc) is 2.17. The Hall–Kier alpha value is -1.12. The smallest absolute Gasteiger partial charge is 0.223 e. The van der Waals surface area contributed by atoms with E-state index in [-0.39, 0.29) is 0 Å². The molecular weight excluding hydrogens is 162 g/mol. The van der Waals surface area contributed by atoms with Crippen LogP contribution in [-0.4, -0.2) is 16.5 Å². The Morgan fingerprint density at radius 2 is 1.62 bits per heavy atom. The van der Waals surface area contributed by atoms with Crippen molar-refractivity contribution in [2.45, 2.75) is 33.6 Å². The minimum Gasteiger partial charge on any atom is -0.354 e. The highest BCUT2D eigenvalue weighted by molar-refractivity contribution is 5.28. The number of rotatable bonds is 4. The molecule has 0 atom stereocenters. The second-order valence-corrected chi connectivity index (χ2v) is 2.91. The maximum absolute atomic E-state index is 4.37. The fourth-order valence-corrected chi connectivity index (χ4v) is 1.15. The van der Waals surface area contributed by atoms with Crippen LogP contribution < -0.4 is 5.32 Å². The first kappa shape index (κ1) is 9.96. The van der Waals surface area contributed by atoms with Crippen LogP contribution in [0.1, 0.15) is 32.2 Å². The van der Waals surface area contributed by atoms with Crippen LogP contribution in [0.2, 0.25) is 0 Å². The topological polar surface area (TPSA) is 37.8 Å². The molecule has 1 aromatic rings. The highest BCUT2D eigenvalue weighted by atomic mass is 15.1. The lowest BCUT2D eigenvalue weighted by Gasteiger charge is -2.05. The van der Waals surface area contributed by atoms with Gasteiger partial charge in [-0.05, 0) is 25.8 Å². The van der Waals surface area contributed by atoms with Crippen molar-refractivity contribution in [2.24, 2.45) is 0 Å². The van der Waals surface area contributed by atoms with Gasteiger partial charge in [-0.1, -0.05) is 13.8 Å². The number of anilines is 1. The fourth-order valence-electron chi connectivity index (χ4n) is 1.15. The van der Waals surface area contributed by atoms with E-state index in [0.29, 0.717) is 0 Å². The summed E-state index contributed by atoms with van der Waals surface area (Å²) in [5.74, 6) is 0.763. The van der Waals surface area contributed by atoms with Gasteiger partial charge in [0.2, 0.25) is 5.95 Å². The van der Waals surface area contributed by atoms with Gasteiger partial charge >= 0.3 is 0 Å². The highest BCUT2D eigenvalue weighted by Gasteiger charge is 2.00. The molecule has 0 aliphatic rings. The van der Waals surface area contributed by atoms with E-state index in [1.165, 1.54) is 0 Å². The molecule has 0 bridgehead atoms. The Morgan fingerprint density at radius 3 is 2.00 bits per heavy atom. The lowest BCUT2D eigenvalue weighted by Crippen LogP contribution is -2.05. The number of hydrogen-bond acceptors (Lipinski definition) is 3. The van der Waals surface area contributed by atoms with Gasteiger partial charge in [-0.3, -0.25) is 0 Å². The SMILES string of the molecule is CCNc1nc(CC)cc(CC)n1. The average molecular weight is 179 g/mol. The summed E-state index contributed by atoms with van der Waals surface area (Å²) in [4.78, 5) is 8.73. The van der Waals surface area contributed by atoms with Gasteiger partial charge < -0.3 is 5.32 Å². The summed E-state index contributed by atoms with van der Waals surface area (Å²) in [7, 11) is 0. The van der Waals surface area contributed by atoms with Crippen LogP contribution in [0.25, 0.3) is 0 Å². The number of hydrogen-bond donors (Lipinski definition) is 1. The molecule has 3 heteroatoms. The molecule has 0 saturated carbocycles. The molecule has 72 valence electrons. The van der Waals surface area contributed by atoms with Gasteiger partial charge in [-0.2, -0.15) is 0 Å². The van der Waals surface area contributed by atoms with Crippen LogP contribution in [0.5, 0.6) is 0 Å². The molecule has 0 amide bonds. The van der Waals surface area contributed by atoms with Gasteiger partial charge in [0.25, 0.3) is 0 Å². The van der Waals surface area contributed by atoms with Crippen LogP contribution in [-0.2, 0) is 12.8 Å². The zero-order valence-electron chi connectivity index (χ0n) is 8.59. The zero-order valence-corrected chi connectivity index (χ0v) is 8.59. The van der Waals surface area contributed by atoms with E-state index >= 15 is 0 Å². The van der Waals surface area contributed by atoms with Gasteiger partial charge in [-0.25, -0.2) is 9.97 Å². The van der Waals surface area contributed by atoms with Crippen LogP contribution in [0.4, 0.5) is 5.95 Å². The van der Waals surface area contributed by atoms with Gasteiger partial charge in [0.15, 0.2) is 0 Å². The largest absolute Gasteiger partial charge is 0.354 e. The summed E-state index contributed by atoms with van der Waals surface area (Å²) >= 11 is 0. The molecule has 0 unspecified atom stereocenters. The Labute approximate surface area is 79.6 Å². The van der Waals surface area contributed by atoms with Gasteiger partial charge in [-0.15, -0.1) is 0 Å². The molecule has 0 saturated heterocycles. The predicted octanol–water partition coefficient (Wildman–Crippen LogP) is 2.03. The summed E-state index contributed by atoms with van der Waals surface area (Å²) in [6.07, 6.45) is 1.93. The molecule has 1 N–H and O–H groups in total. The van der Waals surface area contributed by atoms with Crippen molar-refractivity contribution >= 4 is 5.95 Å². The minimum atomic E-state index is 0.763. The number of nitrogens with zero attached hydrogens (tertiary/aromatic N) is 2. The van der Waals surface area contributed by atoms with E-state index in [1.54, 1.807) is 0 Å². The summed E-state index contributed by atoms with van der Waals surface area (Å²) in [5.41, 5.74) is 2.23. The van der Waals surface area contributed by atoms with E-state index in [1.807, 2.05) is 6.92 Å². The van der Waals surface area contributed by atoms with Gasteiger partial charge in [0.05, 0.1) is 0 Å². The standard InChI is InChI=1S/C10H17N3/c1-4-8-7-9(5-2)13-10(12-8)11-6-3/h7H,4-6H2,1-3H3,(H,11,12,13). The van der Waals surface area contributed by atoms with E-state index < -0.39 is 0 Å². The molecule has 0 spiro atoms. The van der Waals surface area contributed by atoms with Crippen LogP contribution in [0.15, 0.2) is 6.07 Å². The monoisotopic (exact) mass is 179 g/mol. The number of aryl methyl sites for hydroxylation is 2. The fraction of sp³-hybridized carbons (Fsp3) is 0.600. The molecular formula is C10H17N3. The first-order chi connectivity index (χ1) is 6.30. The van der Waals surface area contributed by atoms with Crippen molar-refractivity contribution < 1.29 is 0 Å². The summed E-state index contributed by atoms with van der Waals surface area (Å²) in [6, 6.07) is 2.07. The minimum absolute atomic E-state index is 0.763. The molecule has 13 heavy (non-hydrogen) atoms. The first-order valence-corrected chi connectivity index (χ1v) is 4.90. The third kappa shape index (κ3) is 2.68. The van der Waals surface area contributed by atoms with Crippen molar-refractivity contribution in [3.63, 3.8) is 0 Å². The van der Waals surface area contributed by atoms with E-state index in [2.05, 4.69) is 35.2 Å². The second-order valence-electron chi connectivity index (χ2n) is 2.91. The molecule has 0 fully saturated rings. The summed E-state index contributed by atoms with van der Waals surface area (Å²) in [6.45, 7) is 7.14. The Bertz CT molecular complexity index is 249. The van der Waals surface area contributed by atoms with Gasteiger partial charge in [0, 0.05) is 17.9 Å². The number of aromatic nitrogens is 2. The van der Waals surface area contributed by atoms with Crippen molar-refractivity contribution in [3.8, 4) is 0 Å². The van der Waals surface area contributed by atoms with Crippen molar-refractivity contribution in [1.82, 2.24) is 9.97 Å². The molecule has 0 aliphatic heterocycles. The lowest BCUT2D eigenvalue weighted by atomic mass is 10.2. The molecule has 0 radical (unpaired) electrons. The molecule has 0 aliphatic carbocycles. The van der Waals surface area contributed by atoms with Crippen molar-refractivity contribution in [2.75, 3.05) is 11.9 Å². The number of nitrogens with one attached hydrogen (secondary N) is 1. The molecule has 3 nitrogen and oxygen atoms in total. The molecule has 1 rings (SSSR count). The van der Waals surface area contributed by atoms with Crippen molar-refractivity contribution in [1.29, 1.82) is 0 Å². The van der Waals surface area contributed by atoms with Crippen LogP contribution in [0, 0.1) is 0 Å². The van der Waals surface area contributed by atoms with Crippen LogP contribution >= 0.6 is 0 Å². The van der Waals surface area contributed by atoms with Crippen molar-refractivity contribution in [3.05, 3.63) is 17.5 Å². The molecule has 1 aromatic heterocycles. The third-order valence-corrected chi connectivity index (χ3v) is 1.89. The normalized spacial score (nSPS) is 10.1. The zero-order chi connectivity index (χ0) is 9.68. The molecule has 1 heterocycles. The summed E-state index contributed by atoms with van der Waals surface area (Å²) in [5, 5.41) is 3.13.